The zero-order chi connectivity index (χ0) is 9.84. The van der Waals surface area contributed by atoms with E-state index in [2.05, 4.69) is 15.9 Å². The second-order valence-corrected chi connectivity index (χ2v) is 3.75. The number of carbonyl (C=O) groups excluding carboxylic acids is 1. The Hall–Kier alpha value is 0.234. The normalized spacial score (nSPS) is 10.6. The Morgan fingerprint density at radius 1 is 1.71 bits per heavy atom. The third kappa shape index (κ3) is 3.42. The zero-order valence-corrected chi connectivity index (χ0v) is 12.2. The molecule has 3 nitrogen and oxygen atoms in total. The summed E-state index contributed by atoms with van der Waals surface area (Å²) in [5.74, 6) is -0.170. The summed E-state index contributed by atoms with van der Waals surface area (Å²) in [5, 5.41) is 6.56. The fourth-order valence-electron chi connectivity index (χ4n) is 0.820. The first-order valence-corrected chi connectivity index (χ1v) is 4.77. The molecule has 0 aliphatic carbocycles. The van der Waals surface area contributed by atoms with Crippen LogP contribution in [0, 0.1) is 5.38 Å². The number of thiophene rings is 1. The van der Waals surface area contributed by atoms with Crippen LogP contribution in [-0.2, 0) is 32.7 Å². The summed E-state index contributed by atoms with van der Waals surface area (Å²) >= 11 is 6.98. The van der Waals surface area contributed by atoms with Gasteiger partial charge < -0.3 is 10.2 Å². The molecule has 0 aromatic carbocycles. The first kappa shape index (κ1) is 14.2. The van der Waals surface area contributed by atoms with Crippen LogP contribution in [0.15, 0.2) is 11.2 Å². The largest absolute Gasteiger partial charge is 0.313 e. The third-order valence-corrected chi connectivity index (χ3v) is 2.49. The van der Waals surface area contributed by atoms with Gasteiger partial charge >= 0.3 is 0 Å². The fraction of sp³-hybridized carbons (Fsp3) is 0.250. The number of hydrogen-bond acceptors (Lipinski definition) is 4. The Balaban J connectivity index is 0.00000169. The molecule has 1 N–H and O–H groups in total. The van der Waals surface area contributed by atoms with Crippen molar-refractivity contribution in [2.24, 2.45) is 5.10 Å². The van der Waals surface area contributed by atoms with Gasteiger partial charge in [-0.3, -0.25) is 11.3 Å². The van der Waals surface area contributed by atoms with Crippen molar-refractivity contribution in [1.82, 2.24) is 5.43 Å². The maximum atomic E-state index is 11.5. The Morgan fingerprint density at radius 2 is 2.36 bits per heavy atom. The molecule has 0 fully saturated rings. The van der Waals surface area contributed by atoms with E-state index in [0.717, 1.165) is 0 Å². The molecule has 1 radical (unpaired) electrons. The molecule has 1 aromatic rings. The molecule has 0 aliphatic rings. The van der Waals surface area contributed by atoms with E-state index >= 15 is 0 Å². The summed E-state index contributed by atoms with van der Waals surface area (Å²) in [5.41, 5.74) is 3.39. The monoisotopic (exact) mass is 304 g/mol. The van der Waals surface area contributed by atoms with Gasteiger partial charge in [-0.1, -0.05) is 4.34 Å². The third-order valence-electron chi connectivity index (χ3n) is 1.42. The van der Waals surface area contributed by atoms with E-state index in [-0.39, 0.29) is 38.5 Å². The van der Waals surface area contributed by atoms with Crippen molar-refractivity contribution < 1.29 is 37.5 Å². The van der Waals surface area contributed by atoms with Gasteiger partial charge in [-0.25, -0.2) is 0 Å². The summed E-state index contributed by atoms with van der Waals surface area (Å²) in [6, 6.07) is 1.57. The molecule has 1 rings (SSSR count). The van der Waals surface area contributed by atoms with Crippen LogP contribution >= 0.6 is 22.9 Å². The predicted molar refractivity (Wildman–Crippen MR) is 54.7 cm³/mol. The smallest absolute Gasteiger partial charge is 0.145 e. The minimum Gasteiger partial charge on any atom is -0.313 e. The van der Waals surface area contributed by atoms with Gasteiger partial charge in [0.2, 0.25) is 0 Å². The topological polar surface area (TPSA) is 41.5 Å². The van der Waals surface area contributed by atoms with Crippen molar-refractivity contribution in [2.45, 2.75) is 6.92 Å². The molecule has 0 amide bonds. The van der Waals surface area contributed by atoms with E-state index < -0.39 is 0 Å². The van der Waals surface area contributed by atoms with Crippen molar-refractivity contribution in [2.75, 3.05) is 7.05 Å². The van der Waals surface area contributed by atoms with Crippen LogP contribution in [0.25, 0.3) is 0 Å². The Kier molecular flexibility index (Phi) is 6.78. The van der Waals surface area contributed by atoms with Crippen LogP contribution < -0.4 is 5.43 Å². The van der Waals surface area contributed by atoms with Crippen LogP contribution in [0.3, 0.4) is 0 Å². The minimum absolute atomic E-state index is 0. The SMILES string of the molecule is CN/N=C(\C)C(=O)c1c[c-]sc1Cl.[Y]. The van der Waals surface area contributed by atoms with E-state index in [1.165, 1.54) is 11.3 Å². The van der Waals surface area contributed by atoms with Crippen LogP contribution in [-0.4, -0.2) is 18.5 Å². The Bertz CT molecular complexity index is 351. The number of nitrogens with zero attached hydrogens (tertiary/aromatic N) is 1. The molecule has 0 unspecified atom stereocenters. The van der Waals surface area contributed by atoms with Gasteiger partial charge in [-0.15, -0.1) is 10.9 Å². The maximum absolute atomic E-state index is 11.5. The summed E-state index contributed by atoms with van der Waals surface area (Å²) < 4.78 is 0.454. The molecule has 0 bridgehead atoms. The molecule has 1 aromatic heterocycles. The molecule has 0 atom stereocenters. The van der Waals surface area contributed by atoms with Gasteiger partial charge in [0.25, 0.3) is 0 Å². The quantitative estimate of drug-likeness (QED) is 0.401. The fourth-order valence-corrected chi connectivity index (χ4v) is 1.64. The van der Waals surface area contributed by atoms with Crippen molar-refractivity contribution in [3.05, 3.63) is 21.3 Å². The second-order valence-electron chi connectivity index (χ2n) is 2.30. The first-order chi connectivity index (χ1) is 6.16. The van der Waals surface area contributed by atoms with Gasteiger partial charge in [-0.05, 0) is 6.92 Å². The molecule has 0 saturated heterocycles. The van der Waals surface area contributed by atoms with E-state index in [1.54, 1.807) is 20.0 Å². The average molecular weight is 305 g/mol. The number of hydrazone groups is 1. The van der Waals surface area contributed by atoms with E-state index in [1.807, 2.05) is 0 Å². The molecule has 1 heterocycles. The number of nitrogens with one attached hydrogen (secondary N) is 1. The maximum Gasteiger partial charge on any atom is 0.145 e. The van der Waals surface area contributed by atoms with Crippen molar-refractivity contribution in [1.29, 1.82) is 0 Å². The minimum atomic E-state index is -0.170. The summed E-state index contributed by atoms with van der Waals surface area (Å²) in [6.45, 7) is 1.63. The first-order valence-electron chi connectivity index (χ1n) is 3.58. The summed E-state index contributed by atoms with van der Waals surface area (Å²) in [6.07, 6.45) is 0. The molecule has 0 spiro atoms. The Morgan fingerprint density at radius 3 is 2.79 bits per heavy atom. The van der Waals surface area contributed by atoms with Gasteiger partial charge in [0.1, 0.15) is 5.78 Å². The molecule has 6 heteroatoms. The number of halogens is 1. The van der Waals surface area contributed by atoms with Crippen LogP contribution in [0.4, 0.5) is 0 Å². The van der Waals surface area contributed by atoms with Gasteiger partial charge in [0, 0.05) is 39.8 Å². The Labute approximate surface area is 117 Å². The van der Waals surface area contributed by atoms with Crippen LogP contribution in [0.1, 0.15) is 17.3 Å². The second kappa shape index (κ2) is 6.67. The molecule has 0 saturated carbocycles. The van der Waals surface area contributed by atoms with E-state index in [0.29, 0.717) is 15.6 Å². The molecular weight excluding hydrogens is 297 g/mol. The number of ketones is 1. The molecule has 14 heavy (non-hydrogen) atoms. The summed E-state index contributed by atoms with van der Waals surface area (Å²) in [4.78, 5) is 11.5. The summed E-state index contributed by atoms with van der Waals surface area (Å²) in [7, 11) is 1.64. The van der Waals surface area contributed by atoms with Crippen molar-refractivity contribution in [3.63, 3.8) is 0 Å². The van der Waals surface area contributed by atoms with Gasteiger partial charge in [-0.2, -0.15) is 22.8 Å². The number of rotatable bonds is 3. The van der Waals surface area contributed by atoms with Gasteiger partial charge in [0.15, 0.2) is 0 Å². The molecular formula is C8H8ClN2OSY-. The van der Waals surface area contributed by atoms with E-state index in [4.69, 9.17) is 11.6 Å². The van der Waals surface area contributed by atoms with Crippen LogP contribution in [0.5, 0.6) is 0 Å². The predicted octanol–water partition coefficient (Wildman–Crippen LogP) is 1.98. The van der Waals surface area contributed by atoms with Crippen molar-refractivity contribution >= 4 is 34.4 Å². The number of hydrogen-bond donors (Lipinski definition) is 1. The number of carbonyl (C=O) groups is 1. The average Bonchev–Trinajstić information content (AvgIpc) is 2.50. The van der Waals surface area contributed by atoms with E-state index in [9.17, 15) is 4.79 Å². The molecule has 0 aliphatic heterocycles. The zero-order valence-electron chi connectivity index (χ0n) is 7.80. The van der Waals surface area contributed by atoms with Crippen molar-refractivity contribution in [3.8, 4) is 0 Å². The van der Waals surface area contributed by atoms with Crippen LogP contribution in [0.2, 0.25) is 4.34 Å². The van der Waals surface area contributed by atoms with Gasteiger partial charge in [0.05, 0.1) is 5.71 Å². The standard InChI is InChI=1S/C8H8ClN2OS.Y/c1-5(11-10-2)7(12)6-3-4-13-8(6)9;/h3,10H,1-2H3;/q-1;/b11-5+;. The number of Topliss-reactive ketones (excluding diaryl/α,β-unsaturated/α-hetero) is 1. The molecule has 73 valence electrons.